The van der Waals surface area contributed by atoms with Crippen LogP contribution in [0.1, 0.15) is 10.8 Å². The van der Waals surface area contributed by atoms with Crippen LogP contribution in [0.15, 0.2) is 33.2 Å². The van der Waals surface area contributed by atoms with Crippen LogP contribution in [0.25, 0.3) is 0 Å². The van der Waals surface area contributed by atoms with E-state index in [-0.39, 0.29) is 5.25 Å². The molecule has 90 valence electrons. The number of pyridine rings is 1. The Bertz CT molecular complexity index is 460. The predicted octanol–water partition coefficient (Wildman–Crippen LogP) is 2.45. The third-order valence-electron chi connectivity index (χ3n) is 2.10. The molecule has 4 nitrogen and oxygen atoms in total. The highest BCUT2D eigenvalue weighted by Gasteiger charge is 2.14. The first-order chi connectivity index (χ1) is 8.33. The van der Waals surface area contributed by atoms with Gasteiger partial charge < -0.3 is 5.73 Å². The van der Waals surface area contributed by atoms with Crippen molar-refractivity contribution >= 4 is 34.9 Å². The number of nitrogens with two attached hydrogens (primary N) is 1. The molecule has 0 fully saturated rings. The molecule has 17 heavy (non-hydrogen) atoms. The molecule has 0 radical (unpaired) electrons. The second-order valence-corrected chi connectivity index (χ2v) is 6.64. The van der Waals surface area contributed by atoms with Gasteiger partial charge in [0, 0.05) is 24.2 Å². The molecule has 2 aromatic rings. The van der Waals surface area contributed by atoms with Crippen molar-refractivity contribution in [2.45, 2.75) is 13.9 Å². The summed E-state index contributed by atoms with van der Waals surface area (Å²) in [7, 11) is 0. The van der Waals surface area contributed by atoms with E-state index in [1.807, 2.05) is 18.4 Å². The lowest BCUT2D eigenvalue weighted by Crippen LogP contribution is -2.09. The molecule has 0 amide bonds. The fourth-order valence-corrected chi connectivity index (χ4v) is 3.94. The maximum absolute atomic E-state index is 5.80. The van der Waals surface area contributed by atoms with Crippen LogP contribution in [-0.2, 0) is 0 Å². The zero-order chi connectivity index (χ0) is 12.1. The van der Waals surface area contributed by atoms with Gasteiger partial charge in [0.1, 0.15) is 0 Å². The first kappa shape index (κ1) is 12.8. The van der Waals surface area contributed by atoms with E-state index >= 15 is 0 Å². The topological polar surface area (TPSA) is 64.7 Å². The summed E-state index contributed by atoms with van der Waals surface area (Å²) in [5, 5.41) is 8.42. The van der Waals surface area contributed by atoms with E-state index in [1.165, 1.54) is 5.56 Å². The number of thioether (sulfide) groups is 2. The minimum atomic E-state index is 0.209. The second kappa shape index (κ2) is 6.34. The van der Waals surface area contributed by atoms with Crippen molar-refractivity contribution in [1.82, 2.24) is 15.2 Å². The van der Waals surface area contributed by atoms with Crippen molar-refractivity contribution < 1.29 is 0 Å². The zero-order valence-electron chi connectivity index (χ0n) is 9.24. The van der Waals surface area contributed by atoms with Gasteiger partial charge in [-0.25, -0.2) is 0 Å². The van der Waals surface area contributed by atoms with Gasteiger partial charge in [0.05, 0.1) is 0 Å². The molecule has 0 aromatic carbocycles. The van der Waals surface area contributed by atoms with Gasteiger partial charge in [0.25, 0.3) is 0 Å². The maximum Gasteiger partial charge on any atom is 0.175 e. The molecule has 2 heterocycles. The molecule has 7 heteroatoms. The minimum Gasteiger partial charge on any atom is -0.329 e. The SMILES string of the molecule is CSc1nnc(SC(CN)c2ccncc2)s1. The van der Waals surface area contributed by atoms with Crippen LogP contribution in [0, 0.1) is 0 Å². The second-order valence-electron chi connectivity index (χ2n) is 3.16. The zero-order valence-corrected chi connectivity index (χ0v) is 11.7. The van der Waals surface area contributed by atoms with Gasteiger partial charge >= 0.3 is 0 Å². The molecule has 0 bridgehead atoms. The molecular weight excluding hydrogens is 272 g/mol. The van der Waals surface area contributed by atoms with E-state index in [1.54, 1.807) is 47.3 Å². The molecule has 0 aliphatic heterocycles. The summed E-state index contributed by atoms with van der Waals surface area (Å²) in [6, 6.07) is 3.97. The average Bonchev–Trinajstić information content (AvgIpc) is 2.84. The van der Waals surface area contributed by atoms with Gasteiger partial charge in [0.2, 0.25) is 0 Å². The highest BCUT2D eigenvalue weighted by molar-refractivity contribution is 8.03. The Hall–Kier alpha value is -0.630. The predicted molar refractivity (Wildman–Crippen MR) is 73.6 cm³/mol. The molecule has 0 saturated carbocycles. The summed E-state index contributed by atoms with van der Waals surface area (Å²) in [4.78, 5) is 4.01. The lowest BCUT2D eigenvalue weighted by atomic mass is 10.2. The standard InChI is InChI=1S/C10H12N4S3/c1-15-9-13-14-10(17-9)16-8(6-11)7-2-4-12-5-3-7/h2-5,8H,6,11H2,1H3. The Morgan fingerprint density at radius 1 is 1.29 bits per heavy atom. The fourth-order valence-electron chi connectivity index (χ4n) is 1.28. The van der Waals surface area contributed by atoms with Crippen LogP contribution in [0.3, 0.4) is 0 Å². The molecular formula is C10H12N4S3. The van der Waals surface area contributed by atoms with Crippen LogP contribution >= 0.6 is 34.9 Å². The normalized spacial score (nSPS) is 12.6. The molecule has 1 unspecified atom stereocenters. The lowest BCUT2D eigenvalue weighted by molar-refractivity contribution is 0.919. The van der Waals surface area contributed by atoms with Gasteiger partial charge in [-0.3, -0.25) is 4.98 Å². The average molecular weight is 284 g/mol. The maximum atomic E-state index is 5.80. The number of hydrogen-bond donors (Lipinski definition) is 1. The minimum absolute atomic E-state index is 0.209. The van der Waals surface area contributed by atoms with Crippen LogP contribution in [0.4, 0.5) is 0 Å². The summed E-state index contributed by atoms with van der Waals surface area (Å²) >= 11 is 4.87. The fraction of sp³-hybridized carbons (Fsp3) is 0.300. The van der Waals surface area contributed by atoms with Crippen molar-refractivity contribution in [1.29, 1.82) is 0 Å². The van der Waals surface area contributed by atoms with Crippen LogP contribution in [0.2, 0.25) is 0 Å². The molecule has 0 aliphatic rings. The molecule has 0 aliphatic carbocycles. The smallest absolute Gasteiger partial charge is 0.175 e. The Balaban J connectivity index is 2.10. The largest absolute Gasteiger partial charge is 0.329 e. The highest BCUT2D eigenvalue weighted by Crippen LogP contribution is 2.37. The van der Waals surface area contributed by atoms with E-state index in [9.17, 15) is 0 Å². The van der Waals surface area contributed by atoms with Crippen molar-refractivity contribution in [2.24, 2.45) is 5.73 Å². The Morgan fingerprint density at radius 2 is 2.00 bits per heavy atom. The van der Waals surface area contributed by atoms with Gasteiger partial charge in [-0.1, -0.05) is 34.9 Å². The van der Waals surface area contributed by atoms with Gasteiger partial charge in [-0.2, -0.15) is 0 Å². The van der Waals surface area contributed by atoms with E-state index in [2.05, 4.69) is 15.2 Å². The molecule has 0 spiro atoms. The Morgan fingerprint density at radius 3 is 2.59 bits per heavy atom. The lowest BCUT2D eigenvalue weighted by Gasteiger charge is -2.11. The van der Waals surface area contributed by atoms with Crippen LogP contribution in [0.5, 0.6) is 0 Å². The van der Waals surface area contributed by atoms with Crippen LogP contribution in [-0.4, -0.2) is 28.0 Å². The molecule has 0 saturated heterocycles. The molecule has 2 aromatic heterocycles. The quantitative estimate of drug-likeness (QED) is 0.851. The molecule has 2 rings (SSSR count). The number of nitrogens with zero attached hydrogens (tertiary/aromatic N) is 3. The number of hydrogen-bond acceptors (Lipinski definition) is 7. The van der Waals surface area contributed by atoms with Crippen molar-refractivity contribution in [3.63, 3.8) is 0 Å². The van der Waals surface area contributed by atoms with Crippen LogP contribution < -0.4 is 5.73 Å². The summed E-state index contributed by atoms with van der Waals surface area (Å²) in [5.74, 6) is 0. The molecule has 2 N–H and O–H groups in total. The van der Waals surface area contributed by atoms with E-state index in [0.29, 0.717) is 6.54 Å². The first-order valence-corrected chi connectivity index (χ1v) is 7.89. The van der Waals surface area contributed by atoms with Crippen molar-refractivity contribution in [3.8, 4) is 0 Å². The number of aromatic nitrogens is 3. The highest BCUT2D eigenvalue weighted by atomic mass is 32.2. The summed E-state index contributed by atoms with van der Waals surface area (Å²) < 4.78 is 1.94. The van der Waals surface area contributed by atoms with E-state index in [4.69, 9.17) is 5.73 Å². The van der Waals surface area contributed by atoms with Gasteiger partial charge in [-0.15, -0.1) is 10.2 Å². The molecule has 1 atom stereocenters. The third-order valence-corrected chi connectivity index (χ3v) is 5.36. The Kier molecular flexibility index (Phi) is 4.78. The third kappa shape index (κ3) is 3.41. The van der Waals surface area contributed by atoms with Crippen molar-refractivity contribution in [3.05, 3.63) is 30.1 Å². The summed E-state index contributed by atoms with van der Waals surface area (Å²) in [5.41, 5.74) is 6.98. The first-order valence-electron chi connectivity index (χ1n) is 4.97. The summed E-state index contributed by atoms with van der Waals surface area (Å²) in [6.07, 6.45) is 5.57. The summed E-state index contributed by atoms with van der Waals surface area (Å²) in [6.45, 7) is 0.572. The number of rotatable bonds is 5. The Labute approximate surface area is 112 Å². The van der Waals surface area contributed by atoms with Gasteiger partial charge in [-0.05, 0) is 24.0 Å². The monoisotopic (exact) mass is 284 g/mol. The van der Waals surface area contributed by atoms with Crippen molar-refractivity contribution in [2.75, 3.05) is 12.8 Å². The van der Waals surface area contributed by atoms with Gasteiger partial charge in [0.15, 0.2) is 8.68 Å². The van der Waals surface area contributed by atoms with E-state index in [0.717, 1.165) is 8.68 Å². The van der Waals surface area contributed by atoms with E-state index < -0.39 is 0 Å².